The lowest BCUT2D eigenvalue weighted by molar-refractivity contribution is 0.0123. The third-order valence-electron chi connectivity index (χ3n) is 3.68. The Hall–Kier alpha value is -1.54. The zero-order chi connectivity index (χ0) is 14.8. The lowest BCUT2D eigenvalue weighted by atomic mass is 10.2. The molecular weight excluding hydrogens is 254 g/mol. The molecule has 1 fully saturated rings. The second-order valence-electron chi connectivity index (χ2n) is 6.41. The molecule has 110 valence electrons. The average molecular weight is 277 g/mol. The van der Waals surface area contributed by atoms with Gasteiger partial charge in [0.1, 0.15) is 5.60 Å². The molecule has 0 radical (unpaired) electrons. The number of nitriles is 1. The monoisotopic (exact) mass is 277 g/mol. The minimum atomic E-state index is -0.440. The van der Waals surface area contributed by atoms with E-state index in [-0.39, 0.29) is 6.09 Å². The third kappa shape index (κ3) is 3.73. The third-order valence-corrected chi connectivity index (χ3v) is 3.68. The second kappa shape index (κ2) is 5.84. The number of allylic oxidation sites excluding steroid dienone is 1. The highest BCUT2D eigenvalue weighted by molar-refractivity contribution is 5.68. The molecule has 20 heavy (non-hydrogen) atoms. The van der Waals surface area contributed by atoms with Crippen molar-refractivity contribution in [1.82, 2.24) is 9.80 Å². The van der Waals surface area contributed by atoms with Crippen molar-refractivity contribution in [1.29, 1.82) is 5.26 Å². The van der Waals surface area contributed by atoms with E-state index in [1.807, 2.05) is 20.8 Å². The zero-order valence-electron chi connectivity index (χ0n) is 12.6. The maximum absolute atomic E-state index is 12.0. The van der Waals surface area contributed by atoms with Crippen LogP contribution in [0, 0.1) is 11.3 Å². The summed E-state index contributed by atoms with van der Waals surface area (Å²) in [6, 6.07) is 2.60. The van der Waals surface area contributed by atoms with E-state index in [1.54, 1.807) is 4.90 Å². The van der Waals surface area contributed by atoms with Crippen molar-refractivity contribution in [2.45, 2.75) is 45.3 Å². The molecule has 0 unspecified atom stereocenters. The maximum atomic E-state index is 12.0. The minimum absolute atomic E-state index is 0.225. The van der Waals surface area contributed by atoms with Crippen molar-refractivity contribution in [2.75, 3.05) is 26.2 Å². The molecule has 0 bridgehead atoms. The van der Waals surface area contributed by atoms with Crippen LogP contribution in [0.2, 0.25) is 0 Å². The summed E-state index contributed by atoms with van der Waals surface area (Å²) >= 11 is 0. The normalized spacial score (nSPS) is 24.2. The first-order valence-electron chi connectivity index (χ1n) is 7.22. The van der Waals surface area contributed by atoms with Gasteiger partial charge in [0.25, 0.3) is 0 Å². The van der Waals surface area contributed by atoms with Crippen LogP contribution in [0.1, 0.15) is 33.6 Å². The first-order chi connectivity index (χ1) is 9.39. The molecule has 1 atom stereocenters. The smallest absolute Gasteiger partial charge is 0.410 e. The van der Waals surface area contributed by atoms with Gasteiger partial charge in [-0.2, -0.15) is 5.26 Å². The van der Waals surface area contributed by atoms with Crippen LogP contribution in [0.15, 0.2) is 11.6 Å². The molecule has 0 aromatic heterocycles. The molecule has 0 saturated carbocycles. The molecule has 1 aliphatic carbocycles. The Kier molecular flexibility index (Phi) is 4.34. The molecule has 1 heterocycles. The molecule has 5 heteroatoms. The molecule has 1 aliphatic heterocycles. The van der Waals surface area contributed by atoms with E-state index >= 15 is 0 Å². The number of rotatable bonds is 1. The van der Waals surface area contributed by atoms with Gasteiger partial charge < -0.3 is 9.64 Å². The number of hydrogen-bond donors (Lipinski definition) is 0. The molecule has 0 spiro atoms. The highest BCUT2D eigenvalue weighted by Crippen LogP contribution is 2.23. The summed E-state index contributed by atoms with van der Waals surface area (Å²) in [7, 11) is 0. The molecule has 1 saturated heterocycles. The zero-order valence-corrected chi connectivity index (χ0v) is 12.6. The van der Waals surface area contributed by atoms with Gasteiger partial charge in [0.05, 0.1) is 6.07 Å². The summed E-state index contributed by atoms with van der Waals surface area (Å²) in [6.07, 6.45) is 3.75. The Morgan fingerprint density at radius 2 is 2.00 bits per heavy atom. The summed E-state index contributed by atoms with van der Waals surface area (Å²) in [4.78, 5) is 16.1. The van der Waals surface area contributed by atoms with E-state index in [9.17, 15) is 4.79 Å². The number of nitrogens with zero attached hydrogens (tertiary/aromatic N) is 3. The fourth-order valence-electron chi connectivity index (χ4n) is 2.65. The van der Waals surface area contributed by atoms with Crippen LogP contribution in [0.5, 0.6) is 0 Å². The fraction of sp³-hybridized carbons (Fsp3) is 0.733. The van der Waals surface area contributed by atoms with Gasteiger partial charge in [-0.1, -0.05) is 6.08 Å². The first-order valence-corrected chi connectivity index (χ1v) is 7.22. The van der Waals surface area contributed by atoms with Crippen molar-refractivity contribution in [3.8, 4) is 6.07 Å². The van der Waals surface area contributed by atoms with E-state index in [0.717, 1.165) is 31.5 Å². The summed E-state index contributed by atoms with van der Waals surface area (Å²) in [5, 5.41) is 8.90. The quantitative estimate of drug-likeness (QED) is 0.737. The van der Waals surface area contributed by atoms with Gasteiger partial charge in [-0.3, -0.25) is 4.90 Å². The Labute approximate surface area is 120 Å². The van der Waals surface area contributed by atoms with Crippen molar-refractivity contribution in [2.24, 2.45) is 0 Å². The molecule has 2 rings (SSSR count). The van der Waals surface area contributed by atoms with Gasteiger partial charge in [-0.25, -0.2) is 4.79 Å². The van der Waals surface area contributed by atoms with Gasteiger partial charge >= 0.3 is 6.09 Å². The summed E-state index contributed by atoms with van der Waals surface area (Å²) in [6.45, 7) is 8.73. The summed E-state index contributed by atoms with van der Waals surface area (Å²) in [5.74, 6) is 0. The van der Waals surface area contributed by atoms with Gasteiger partial charge in [-0.15, -0.1) is 0 Å². The standard InChI is InChI=1S/C15H23N3O2/c1-15(2,3)20-14(19)18-8-6-17(7-9-18)13-5-4-12(10-13)11-16/h10,13H,4-9H2,1-3H3/t13-/m1/s1. The van der Waals surface area contributed by atoms with E-state index in [1.165, 1.54) is 0 Å². The van der Waals surface area contributed by atoms with Crippen LogP contribution >= 0.6 is 0 Å². The molecule has 2 aliphatic rings. The number of carbonyl (C=O) groups is 1. The summed E-state index contributed by atoms with van der Waals surface area (Å²) < 4.78 is 5.39. The number of amides is 1. The Bertz CT molecular complexity index is 437. The van der Waals surface area contributed by atoms with Gasteiger partial charge in [0.15, 0.2) is 0 Å². The SMILES string of the molecule is CC(C)(C)OC(=O)N1CCN([C@H]2C=C(C#N)CC2)CC1. The lowest BCUT2D eigenvalue weighted by Crippen LogP contribution is -2.52. The van der Waals surface area contributed by atoms with E-state index in [2.05, 4.69) is 17.0 Å². The number of ether oxygens (including phenoxy) is 1. The van der Waals surface area contributed by atoms with E-state index in [4.69, 9.17) is 10.00 Å². The fourth-order valence-corrected chi connectivity index (χ4v) is 2.65. The van der Waals surface area contributed by atoms with Crippen LogP contribution in [0.3, 0.4) is 0 Å². The molecule has 1 amide bonds. The largest absolute Gasteiger partial charge is 0.444 e. The second-order valence-corrected chi connectivity index (χ2v) is 6.41. The van der Waals surface area contributed by atoms with Gasteiger partial charge in [-0.05, 0) is 33.6 Å². The number of piperazine rings is 1. The molecule has 0 aromatic carbocycles. The van der Waals surface area contributed by atoms with Crippen LogP contribution in [-0.2, 0) is 4.74 Å². The highest BCUT2D eigenvalue weighted by Gasteiger charge is 2.29. The first kappa shape index (κ1) is 14.9. The van der Waals surface area contributed by atoms with Crippen molar-refractivity contribution < 1.29 is 9.53 Å². The van der Waals surface area contributed by atoms with Crippen LogP contribution in [-0.4, -0.2) is 53.7 Å². The Morgan fingerprint density at radius 1 is 1.35 bits per heavy atom. The Morgan fingerprint density at radius 3 is 2.50 bits per heavy atom. The molecular formula is C15H23N3O2. The Balaban J connectivity index is 1.83. The number of hydrogen-bond acceptors (Lipinski definition) is 4. The van der Waals surface area contributed by atoms with E-state index < -0.39 is 5.60 Å². The molecule has 0 N–H and O–H groups in total. The van der Waals surface area contributed by atoms with Crippen LogP contribution < -0.4 is 0 Å². The molecule has 0 aromatic rings. The highest BCUT2D eigenvalue weighted by atomic mass is 16.6. The van der Waals surface area contributed by atoms with E-state index in [0.29, 0.717) is 19.1 Å². The predicted octanol–water partition coefficient (Wildman–Crippen LogP) is 2.15. The number of carbonyl (C=O) groups excluding carboxylic acids is 1. The van der Waals surface area contributed by atoms with Crippen molar-refractivity contribution >= 4 is 6.09 Å². The summed E-state index contributed by atoms with van der Waals surface area (Å²) in [5.41, 5.74) is 0.453. The topological polar surface area (TPSA) is 56.6 Å². The molecule has 5 nitrogen and oxygen atoms in total. The van der Waals surface area contributed by atoms with Gasteiger partial charge in [0.2, 0.25) is 0 Å². The van der Waals surface area contributed by atoms with Crippen LogP contribution in [0.4, 0.5) is 4.79 Å². The van der Waals surface area contributed by atoms with Crippen molar-refractivity contribution in [3.63, 3.8) is 0 Å². The van der Waals surface area contributed by atoms with Crippen LogP contribution in [0.25, 0.3) is 0 Å². The van der Waals surface area contributed by atoms with Crippen molar-refractivity contribution in [3.05, 3.63) is 11.6 Å². The minimum Gasteiger partial charge on any atom is -0.444 e. The lowest BCUT2D eigenvalue weighted by Gasteiger charge is -2.37. The average Bonchev–Trinajstić information content (AvgIpc) is 2.85. The maximum Gasteiger partial charge on any atom is 0.410 e. The predicted molar refractivity (Wildman–Crippen MR) is 76.1 cm³/mol. The van der Waals surface area contributed by atoms with Gasteiger partial charge in [0, 0.05) is 37.8 Å².